The predicted molar refractivity (Wildman–Crippen MR) is 110 cm³/mol. The number of nitrogens with zero attached hydrogens (tertiary/aromatic N) is 3. The average Bonchev–Trinajstić information content (AvgIpc) is 3.11. The highest BCUT2D eigenvalue weighted by molar-refractivity contribution is 5.85. The lowest BCUT2D eigenvalue weighted by atomic mass is 10.1. The van der Waals surface area contributed by atoms with E-state index in [4.69, 9.17) is 4.74 Å². The molecule has 2 N–H and O–H groups in total. The summed E-state index contributed by atoms with van der Waals surface area (Å²) in [4.78, 5) is 32.1. The van der Waals surface area contributed by atoms with Crippen molar-refractivity contribution < 1.29 is 14.3 Å². The Kier molecular flexibility index (Phi) is 7.95. The Morgan fingerprint density at radius 2 is 1.68 bits per heavy atom. The third-order valence-corrected chi connectivity index (χ3v) is 4.98. The van der Waals surface area contributed by atoms with Crippen molar-refractivity contribution >= 4 is 18.0 Å². The van der Waals surface area contributed by atoms with Crippen molar-refractivity contribution in [3.8, 4) is 0 Å². The van der Waals surface area contributed by atoms with Crippen molar-refractivity contribution in [1.82, 2.24) is 20.4 Å². The highest BCUT2D eigenvalue weighted by atomic mass is 16.6. The Morgan fingerprint density at radius 3 is 2.29 bits per heavy atom. The molecule has 0 spiro atoms. The van der Waals surface area contributed by atoms with Crippen LogP contribution in [0.15, 0.2) is 4.99 Å². The van der Waals surface area contributed by atoms with Gasteiger partial charge in [-0.3, -0.25) is 4.79 Å². The topological polar surface area (TPSA) is 86.3 Å². The van der Waals surface area contributed by atoms with Gasteiger partial charge in [0, 0.05) is 39.3 Å². The van der Waals surface area contributed by atoms with E-state index in [1.165, 1.54) is 12.8 Å². The van der Waals surface area contributed by atoms with Crippen LogP contribution < -0.4 is 10.6 Å². The van der Waals surface area contributed by atoms with Gasteiger partial charge in [0.2, 0.25) is 5.91 Å². The van der Waals surface area contributed by atoms with Crippen LogP contribution >= 0.6 is 0 Å². The number of likely N-dealkylation sites (N-methyl/N-ethyl adjacent to an activating group) is 1. The maximum Gasteiger partial charge on any atom is 0.410 e. The molecule has 8 heteroatoms. The minimum atomic E-state index is -0.499. The summed E-state index contributed by atoms with van der Waals surface area (Å²) in [5.41, 5.74) is -0.499. The number of likely N-dealkylation sites (tertiary alicyclic amines) is 1. The average molecular weight is 396 g/mol. The van der Waals surface area contributed by atoms with E-state index in [9.17, 15) is 9.59 Å². The summed E-state index contributed by atoms with van der Waals surface area (Å²) in [7, 11) is 3.46. The molecule has 2 fully saturated rings. The minimum Gasteiger partial charge on any atom is -0.444 e. The number of hydrogen-bond donors (Lipinski definition) is 2. The van der Waals surface area contributed by atoms with Crippen LogP contribution in [0, 0.1) is 0 Å². The number of nitrogens with one attached hydrogen (secondary N) is 2. The van der Waals surface area contributed by atoms with Crippen LogP contribution in [0.3, 0.4) is 0 Å². The van der Waals surface area contributed by atoms with E-state index < -0.39 is 5.60 Å². The SMILES string of the molecule is CN(C)C(=O)CN=C(NC1CCCC1)NC1CCCN(C(=O)OC(C)(C)C)C1. The molecular formula is C20H37N5O3. The molecule has 0 aromatic rings. The van der Waals surface area contributed by atoms with E-state index in [2.05, 4.69) is 15.6 Å². The second-order valence-corrected chi connectivity index (χ2v) is 8.99. The molecule has 1 saturated carbocycles. The van der Waals surface area contributed by atoms with E-state index in [1.807, 2.05) is 20.8 Å². The fourth-order valence-corrected chi connectivity index (χ4v) is 3.47. The Balaban J connectivity index is 1.97. The zero-order valence-corrected chi connectivity index (χ0v) is 18.1. The molecule has 2 rings (SSSR count). The van der Waals surface area contributed by atoms with E-state index in [0.717, 1.165) is 25.7 Å². The quantitative estimate of drug-likeness (QED) is 0.561. The molecular weight excluding hydrogens is 358 g/mol. The summed E-state index contributed by atoms with van der Waals surface area (Å²) in [6, 6.07) is 0.481. The lowest BCUT2D eigenvalue weighted by Gasteiger charge is -2.35. The number of piperidine rings is 1. The van der Waals surface area contributed by atoms with Crippen LogP contribution in [0.5, 0.6) is 0 Å². The molecule has 0 aromatic carbocycles. The van der Waals surface area contributed by atoms with E-state index >= 15 is 0 Å². The molecule has 1 aliphatic heterocycles. The van der Waals surface area contributed by atoms with Gasteiger partial charge in [-0.05, 0) is 46.5 Å². The second kappa shape index (κ2) is 9.98. The van der Waals surface area contributed by atoms with Crippen LogP contribution in [-0.4, -0.2) is 79.2 Å². The van der Waals surface area contributed by atoms with Gasteiger partial charge >= 0.3 is 6.09 Å². The van der Waals surface area contributed by atoms with Crippen LogP contribution in [0.25, 0.3) is 0 Å². The first-order valence-electron chi connectivity index (χ1n) is 10.4. The van der Waals surface area contributed by atoms with Crippen LogP contribution in [-0.2, 0) is 9.53 Å². The zero-order chi connectivity index (χ0) is 20.7. The van der Waals surface area contributed by atoms with Crippen molar-refractivity contribution in [2.45, 2.75) is 77.0 Å². The number of guanidine groups is 1. The van der Waals surface area contributed by atoms with Crippen molar-refractivity contribution in [3.63, 3.8) is 0 Å². The number of hydrogen-bond acceptors (Lipinski definition) is 4. The summed E-state index contributed by atoms with van der Waals surface area (Å²) in [6.07, 6.45) is 6.27. The molecule has 0 radical (unpaired) electrons. The maximum atomic E-state index is 12.4. The predicted octanol–water partition coefficient (Wildman–Crippen LogP) is 1.95. The Bertz CT molecular complexity index is 565. The van der Waals surface area contributed by atoms with Crippen LogP contribution in [0.1, 0.15) is 59.3 Å². The number of aliphatic imine (C=N–C) groups is 1. The first-order chi connectivity index (χ1) is 13.1. The smallest absolute Gasteiger partial charge is 0.410 e. The van der Waals surface area contributed by atoms with Crippen LogP contribution in [0.2, 0.25) is 0 Å². The van der Waals surface area contributed by atoms with Gasteiger partial charge in [-0.25, -0.2) is 9.79 Å². The number of carbonyl (C=O) groups excluding carboxylic acids is 2. The largest absolute Gasteiger partial charge is 0.444 e. The minimum absolute atomic E-state index is 0.0356. The number of amides is 2. The lowest BCUT2D eigenvalue weighted by molar-refractivity contribution is -0.127. The normalized spacial score (nSPS) is 21.4. The third kappa shape index (κ3) is 7.56. The zero-order valence-electron chi connectivity index (χ0n) is 18.1. The lowest BCUT2D eigenvalue weighted by Crippen LogP contribution is -2.54. The van der Waals surface area contributed by atoms with Gasteiger partial charge in [-0.2, -0.15) is 0 Å². The molecule has 1 atom stereocenters. The molecule has 1 aliphatic carbocycles. The third-order valence-electron chi connectivity index (χ3n) is 4.98. The summed E-state index contributed by atoms with van der Waals surface area (Å²) >= 11 is 0. The molecule has 0 bridgehead atoms. The molecule has 0 aromatic heterocycles. The van der Waals surface area contributed by atoms with Gasteiger partial charge < -0.3 is 25.2 Å². The van der Waals surface area contributed by atoms with Gasteiger partial charge in [0.1, 0.15) is 12.1 Å². The van der Waals surface area contributed by atoms with Crippen molar-refractivity contribution in [1.29, 1.82) is 0 Å². The van der Waals surface area contributed by atoms with Crippen molar-refractivity contribution in [2.24, 2.45) is 4.99 Å². The van der Waals surface area contributed by atoms with Gasteiger partial charge in [0.25, 0.3) is 0 Å². The molecule has 8 nitrogen and oxygen atoms in total. The van der Waals surface area contributed by atoms with E-state index in [0.29, 0.717) is 25.1 Å². The Labute approximate surface area is 169 Å². The first kappa shape index (κ1) is 22.3. The van der Waals surface area contributed by atoms with Gasteiger partial charge in [-0.1, -0.05) is 12.8 Å². The van der Waals surface area contributed by atoms with Gasteiger partial charge in [0.05, 0.1) is 0 Å². The number of carbonyl (C=O) groups is 2. The van der Waals surface area contributed by atoms with Gasteiger partial charge in [-0.15, -0.1) is 0 Å². The Morgan fingerprint density at radius 1 is 1.07 bits per heavy atom. The molecule has 1 heterocycles. The van der Waals surface area contributed by atoms with Crippen molar-refractivity contribution in [3.05, 3.63) is 0 Å². The van der Waals surface area contributed by atoms with Crippen LogP contribution in [0.4, 0.5) is 4.79 Å². The molecule has 160 valence electrons. The second-order valence-electron chi connectivity index (χ2n) is 8.99. The maximum absolute atomic E-state index is 12.4. The van der Waals surface area contributed by atoms with Crippen molar-refractivity contribution in [2.75, 3.05) is 33.7 Å². The summed E-state index contributed by atoms with van der Waals surface area (Å²) < 4.78 is 5.51. The molecule has 2 aliphatic rings. The molecule has 28 heavy (non-hydrogen) atoms. The molecule has 1 unspecified atom stereocenters. The Hall–Kier alpha value is -1.99. The fourth-order valence-electron chi connectivity index (χ4n) is 3.47. The summed E-state index contributed by atoms with van der Waals surface area (Å²) in [6.45, 7) is 7.02. The summed E-state index contributed by atoms with van der Waals surface area (Å²) in [5.74, 6) is 0.629. The summed E-state index contributed by atoms with van der Waals surface area (Å²) in [5, 5.41) is 6.92. The first-order valence-corrected chi connectivity index (χ1v) is 10.4. The standard InChI is InChI=1S/C20H37N5O3/c1-20(2,3)28-19(27)25-12-8-11-16(14-25)23-18(21-13-17(26)24(4)5)22-15-9-6-7-10-15/h15-16H,6-14H2,1-5H3,(H2,21,22,23). The molecule has 2 amide bonds. The highest BCUT2D eigenvalue weighted by Gasteiger charge is 2.28. The highest BCUT2D eigenvalue weighted by Crippen LogP contribution is 2.18. The monoisotopic (exact) mass is 395 g/mol. The van der Waals surface area contributed by atoms with E-state index in [1.54, 1.807) is 23.9 Å². The fraction of sp³-hybridized carbons (Fsp3) is 0.850. The van der Waals surface area contributed by atoms with E-state index in [-0.39, 0.29) is 24.6 Å². The number of ether oxygens (including phenoxy) is 1. The van der Waals surface area contributed by atoms with Gasteiger partial charge in [0.15, 0.2) is 5.96 Å². The molecule has 1 saturated heterocycles. The number of rotatable bonds is 4.